The van der Waals surface area contributed by atoms with E-state index in [0.29, 0.717) is 12.8 Å². The van der Waals surface area contributed by atoms with Gasteiger partial charge in [-0.25, -0.2) is 9.59 Å². The van der Waals surface area contributed by atoms with Gasteiger partial charge in [0.15, 0.2) is 12.6 Å². The summed E-state index contributed by atoms with van der Waals surface area (Å²) in [7, 11) is 0. The maximum atomic E-state index is 10.8. The highest BCUT2D eigenvalue weighted by Crippen LogP contribution is 2.47. The Kier molecular flexibility index (Phi) is 8.80. The van der Waals surface area contributed by atoms with Crippen LogP contribution in [0.4, 0.5) is 11.4 Å². The van der Waals surface area contributed by atoms with Crippen LogP contribution in [-0.2, 0) is 19.1 Å². The van der Waals surface area contributed by atoms with Gasteiger partial charge in [0.2, 0.25) is 0 Å². The SMILES string of the molecule is Nc1ccc(N)cc1.O=C(O)C1(O)OC(O)C2CCCCC21.O=C(O)C1(O)OC(O)C2CCCCC21. The summed E-state index contributed by atoms with van der Waals surface area (Å²) in [5.41, 5.74) is 12.2. The number of carboxylic acids is 2. The molecule has 2 aliphatic heterocycles. The van der Waals surface area contributed by atoms with E-state index in [-0.39, 0.29) is 11.8 Å². The molecule has 2 aliphatic carbocycles. The minimum Gasteiger partial charge on any atom is -0.477 e. The Morgan fingerprint density at radius 3 is 1.31 bits per heavy atom. The fraction of sp³-hybridized carbons (Fsp3) is 0.667. The Labute approximate surface area is 208 Å². The zero-order valence-electron chi connectivity index (χ0n) is 19.9. The van der Waals surface area contributed by atoms with Crippen LogP contribution in [0.2, 0.25) is 0 Å². The number of fused-ring (bicyclic) bond motifs is 2. The van der Waals surface area contributed by atoms with Gasteiger partial charge in [-0.1, -0.05) is 25.7 Å². The Bertz CT molecular complexity index is 842. The average Bonchev–Trinajstić information content (AvgIpc) is 3.28. The van der Waals surface area contributed by atoms with Gasteiger partial charge in [-0.3, -0.25) is 0 Å². The highest BCUT2D eigenvalue weighted by Gasteiger charge is 2.60. The number of hydrogen-bond acceptors (Lipinski definition) is 10. The summed E-state index contributed by atoms with van der Waals surface area (Å²) < 4.78 is 9.54. The van der Waals surface area contributed by atoms with Crippen LogP contribution in [0.5, 0.6) is 0 Å². The molecule has 12 heteroatoms. The van der Waals surface area contributed by atoms with E-state index < -0.39 is 47.9 Å². The van der Waals surface area contributed by atoms with Crippen LogP contribution in [0.15, 0.2) is 24.3 Å². The molecule has 2 saturated heterocycles. The van der Waals surface area contributed by atoms with Gasteiger partial charge in [-0.2, -0.15) is 0 Å². The lowest BCUT2D eigenvalue weighted by atomic mass is 9.76. The first-order valence-electron chi connectivity index (χ1n) is 12.1. The molecule has 5 rings (SSSR count). The third-order valence-electron chi connectivity index (χ3n) is 7.53. The minimum atomic E-state index is -2.18. The van der Waals surface area contributed by atoms with Crippen molar-refractivity contribution in [2.75, 3.05) is 11.5 Å². The molecule has 36 heavy (non-hydrogen) atoms. The molecule has 0 aromatic heterocycles. The summed E-state index contributed by atoms with van der Waals surface area (Å²) in [6.45, 7) is 0. The quantitative estimate of drug-likeness (QED) is 0.256. The number of hydrogen-bond donors (Lipinski definition) is 8. The van der Waals surface area contributed by atoms with Crippen molar-refractivity contribution in [2.45, 2.75) is 75.5 Å². The van der Waals surface area contributed by atoms with Crippen molar-refractivity contribution in [3.8, 4) is 0 Å². The van der Waals surface area contributed by atoms with Gasteiger partial charge < -0.3 is 51.6 Å². The normalized spacial score (nSPS) is 38.9. The number of carbonyl (C=O) groups is 2. The second-order valence-corrected chi connectivity index (χ2v) is 9.80. The summed E-state index contributed by atoms with van der Waals surface area (Å²) in [4.78, 5) is 21.7. The van der Waals surface area contributed by atoms with Crippen molar-refractivity contribution in [3.05, 3.63) is 24.3 Å². The standard InChI is InChI=1S/2C9H14O5.C6H8N2/c2*10-7-5-3-1-2-4-6(5)9(13,14-7)8(11)12;7-5-1-2-6(8)4-3-5/h2*5-7,10,13H,1-4H2,(H,11,12);1-4H,7-8H2. The van der Waals surface area contributed by atoms with Gasteiger partial charge in [0.1, 0.15) is 0 Å². The zero-order chi connectivity index (χ0) is 26.7. The monoisotopic (exact) mass is 512 g/mol. The van der Waals surface area contributed by atoms with Crippen LogP contribution in [-0.4, -0.2) is 66.7 Å². The van der Waals surface area contributed by atoms with Gasteiger partial charge in [0.05, 0.1) is 0 Å². The molecular formula is C24H36N2O10. The van der Waals surface area contributed by atoms with Gasteiger partial charge in [-0.05, 0) is 49.9 Å². The Morgan fingerprint density at radius 1 is 0.694 bits per heavy atom. The van der Waals surface area contributed by atoms with Crippen molar-refractivity contribution in [2.24, 2.45) is 23.7 Å². The van der Waals surface area contributed by atoms with Crippen LogP contribution in [0.25, 0.3) is 0 Å². The van der Waals surface area contributed by atoms with Crippen LogP contribution < -0.4 is 11.5 Å². The average molecular weight is 513 g/mol. The van der Waals surface area contributed by atoms with E-state index >= 15 is 0 Å². The highest BCUT2D eigenvalue weighted by molar-refractivity contribution is 5.76. The largest absolute Gasteiger partial charge is 0.477 e. The number of nitrogens with two attached hydrogens (primary N) is 2. The smallest absolute Gasteiger partial charge is 0.364 e. The molecule has 4 aliphatic rings. The Hall–Kier alpha value is -2.48. The maximum absolute atomic E-state index is 10.8. The lowest BCUT2D eigenvalue weighted by molar-refractivity contribution is -0.252. The van der Waals surface area contributed by atoms with Gasteiger partial charge in [0.25, 0.3) is 11.6 Å². The van der Waals surface area contributed by atoms with Crippen molar-refractivity contribution in [1.82, 2.24) is 0 Å². The molecule has 10 N–H and O–H groups in total. The summed E-state index contributed by atoms with van der Waals surface area (Å²) in [5.74, 6) is -8.55. The third-order valence-corrected chi connectivity index (χ3v) is 7.53. The predicted octanol–water partition coefficient (Wildman–Crippen LogP) is 0.680. The second-order valence-electron chi connectivity index (χ2n) is 9.80. The molecule has 1 aromatic rings. The number of carboxylic acid groups (broad SMARTS) is 2. The molecule has 202 valence electrons. The van der Waals surface area contributed by atoms with E-state index in [9.17, 15) is 30.0 Å². The fourth-order valence-corrected chi connectivity index (χ4v) is 5.61. The van der Waals surface area contributed by atoms with E-state index in [2.05, 4.69) is 0 Å². The first kappa shape index (κ1) is 28.1. The predicted molar refractivity (Wildman–Crippen MR) is 126 cm³/mol. The summed E-state index contributed by atoms with van der Waals surface area (Å²) in [6.07, 6.45) is 4.05. The molecule has 2 heterocycles. The maximum Gasteiger partial charge on any atom is 0.364 e. The molecule has 1 aromatic carbocycles. The number of aliphatic hydroxyl groups is 4. The molecule has 12 nitrogen and oxygen atoms in total. The van der Waals surface area contributed by atoms with Crippen LogP contribution >= 0.6 is 0 Å². The second kappa shape index (κ2) is 11.3. The number of ether oxygens (including phenoxy) is 2. The van der Waals surface area contributed by atoms with Crippen molar-refractivity contribution < 1.29 is 49.7 Å². The van der Waals surface area contributed by atoms with Crippen LogP contribution in [0, 0.1) is 23.7 Å². The minimum absolute atomic E-state index is 0.232. The number of aliphatic hydroxyl groups excluding tert-OH is 2. The number of aliphatic carboxylic acids is 2. The van der Waals surface area contributed by atoms with Gasteiger partial charge >= 0.3 is 11.9 Å². The molecule has 0 spiro atoms. The molecule has 0 bridgehead atoms. The molecule has 0 amide bonds. The van der Waals surface area contributed by atoms with E-state index in [1.807, 2.05) is 0 Å². The highest BCUT2D eigenvalue weighted by atomic mass is 16.7. The van der Waals surface area contributed by atoms with E-state index in [1.165, 1.54) is 0 Å². The fourth-order valence-electron chi connectivity index (χ4n) is 5.61. The first-order valence-corrected chi connectivity index (χ1v) is 12.1. The molecule has 2 saturated carbocycles. The zero-order valence-corrected chi connectivity index (χ0v) is 19.9. The number of nitrogen functional groups attached to an aromatic ring is 2. The number of anilines is 2. The van der Waals surface area contributed by atoms with E-state index in [1.54, 1.807) is 24.3 Å². The van der Waals surface area contributed by atoms with E-state index in [0.717, 1.165) is 49.9 Å². The van der Waals surface area contributed by atoms with E-state index in [4.69, 9.17) is 31.2 Å². The van der Waals surface area contributed by atoms with Crippen LogP contribution in [0.1, 0.15) is 51.4 Å². The van der Waals surface area contributed by atoms with Crippen molar-refractivity contribution >= 4 is 23.3 Å². The number of rotatable bonds is 2. The molecular weight excluding hydrogens is 476 g/mol. The Morgan fingerprint density at radius 2 is 1.00 bits per heavy atom. The third kappa shape index (κ3) is 5.74. The molecule has 0 radical (unpaired) electrons. The summed E-state index contributed by atoms with van der Waals surface area (Å²) >= 11 is 0. The lowest BCUT2D eigenvalue weighted by Crippen LogP contribution is -2.45. The number of benzene rings is 1. The first-order chi connectivity index (χ1) is 16.9. The topological polar surface area (TPSA) is 226 Å². The molecule has 8 atom stereocenters. The van der Waals surface area contributed by atoms with Gasteiger partial charge in [-0.15, -0.1) is 0 Å². The summed E-state index contributed by atoms with van der Waals surface area (Å²) in [6, 6.07) is 7.09. The van der Waals surface area contributed by atoms with Crippen molar-refractivity contribution in [3.63, 3.8) is 0 Å². The van der Waals surface area contributed by atoms with Crippen molar-refractivity contribution in [1.29, 1.82) is 0 Å². The lowest BCUT2D eigenvalue weighted by Gasteiger charge is -2.29. The Balaban J connectivity index is 0.000000157. The summed E-state index contributed by atoms with van der Waals surface area (Å²) in [5, 5.41) is 56.1. The van der Waals surface area contributed by atoms with Crippen LogP contribution in [0.3, 0.4) is 0 Å². The van der Waals surface area contributed by atoms with Gasteiger partial charge in [0, 0.05) is 35.0 Å². The molecule has 4 fully saturated rings. The molecule has 8 unspecified atom stereocenters.